The van der Waals surface area contributed by atoms with Crippen LogP contribution in [0.25, 0.3) is 0 Å². The fourth-order valence-electron chi connectivity index (χ4n) is 1.62. The lowest BCUT2D eigenvalue weighted by Crippen LogP contribution is -2.04. The van der Waals surface area contributed by atoms with Crippen molar-refractivity contribution in [2.75, 3.05) is 0 Å². The Balaban J connectivity index is 2.50. The van der Waals surface area contributed by atoms with Crippen LogP contribution in [0.1, 0.15) is 17.2 Å². The number of aliphatic hydroxyl groups is 1. The summed E-state index contributed by atoms with van der Waals surface area (Å²) < 4.78 is 39.6. The third kappa shape index (κ3) is 2.49. The lowest BCUT2D eigenvalue weighted by atomic mass is 10.0. The van der Waals surface area contributed by atoms with Crippen molar-refractivity contribution in [2.24, 2.45) is 0 Å². The van der Waals surface area contributed by atoms with Gasteiger partial charge in [0, 0.05) is 16.1 Å². The molecular formula is C13H8ClF3O. The van der Waals surface area contributed by atoms with E-state index in [1.165, 1.54) is 6.07 Å². The molecule has 18 heavy (non-hydrogen) atoms. The molecular weight excluding hydrogens is 265 g/mol. The molecule has 2 aromatic carbocycles. The highest BCUT2D eigenvalue weighted by molar-refractivity contribution is 6.31. The van der Waals surface area contributed by atoms with Gasteiger partial charge in [-0.25, -0.2) is 13.2 Å². The average Bonchev–Trinajstić information content (AvgIpc) is 2.34. The van der Waals surface area contributed by atoms with Gasteiger partial charge in [0.2, 0.25) is 0 Å². The largest absolute Gasteiger partial charge is 0.383 e. The molecule has 94 valence electrons. The number of hydrogen-bond donors (Lipinski definition) is 1. The summed E-state index contributed by atoms with van der Waals surface area (Å²) in [4.78, 5) is 0. The normalized spacial score (nSPS) is 12.5. The first-order valence-corrected chi connectivity index (χ1v) is 5.45. The summed E-state index contributed by atoms with van der Waals surface area (Å²) in [6, 6.07) is 6.01. The molecule has 0 aliphatic rings. The Kier molecular flexibility index (Phi) is 3.59. The van der Waals surface area contributed by atoms with Crippen LogP contribution in [0.5, 0.6) is 0 Å². The minimum Gasteiger partial charge on any atom is -0.383 e. The molecule has 0 saturated heterocycles. The SMILES string of the molecule is OC(c1cc(F)ccc1F)c1cc(F)ccc1Cl. The van der Waals surface area contributed by atoms with E-state index in [1.807, 2.05) is 0 Å². The van der Waals surface area contributed by atoms with Crippen LogP contribution in [-0.2, 0) is 0 Å². The average molecular weight is 273 g/mol. The van der Waals surface area contributed by atoms with E-state index in [1.54, 1.807) is 0 Å². The maximum atomic E-state index is 13.5. The van der Waals surface area contributed by atoms with Crippen molar-refractivity contribution in [3.8, 4) is 0 Å². The zero-order valence-corrected chi connectivity index (χ0v) is 9.76. The summed E-state index contributed by atoms with van der Waals surface area (Å²) in [6.07, 6.45) is -1.52. The molecule has 0 saturated carbocycles. The summed E-state index contributed by atoms with van der Waals surface area (Å²) in [7, 11) is 0. The Morgan fingerprint density at radius 1 is 0.889 bits per heavy atom. The molecule has 1 N–H and O–H groups in total. The van der Waals surface area contributed by atoms with Gasteiger partial charge in [0.25, 0.3) is 0 Å². The first kappa shape index (κ1) is 12.9. The van der Waals surface area contributed by atoms with Crippen LogP contribution in [-0.4, -0.2) is 5.11 Å². The van der Waals surface area contributed by atoms with E-state index in [2.05, 4.69) is 0 Å². The van der Waals surface area contributed by atoms with E-state index < -0.39 is 23.6 Å². The number of halogens is 4. The van der Waals surface area contributed by atoms with Gasteiger partial charge in [0.05, 0.1) is 0 Å². The second-order valence-electron chi connectivity index (χ2n) is 3.73. The van der Waals surface area contributed by atoms with Crippen molar-refractivity contribution in [1.29, 1.82) is 0 Å². The van der Waals surface area contributed by atoms with E-state index in [0.29, 0.717) is 0 Å². The lowest BCUT2D eigenvalue weighted by molar-refractivity contribution is 0.214. The molecule has 0 aliphatic heterocycles. The Bertz CT molecular complexity index is 535. The second kappa shape index (κ2) is 5.00. The Labute approximate surface area is 106 Å². The van der Waals surface area contributed by atoms with Crippen molar-refractivity contribution in [3.63, 3.8) is 0 Å². The zero-order valence-electron chi connectivity index (χ0n) is 9.00. The Morgan fingerprint density at radius 3 is 2.11 bits per heavy atom. The van der Waals surface area contributed by atoms with Gasteiger partial charge in [0.1, 0.15) is 23.6 Å². The molecule has 1 unspecified atom stereocenters. The maximum Gasteiger partial charge on any atom is 0.129 e. The number of benzene rings is 2. The summed E-state index contributed by atoms with van der Waals surface area (Å²) in [5, 5.41) is 10.0. The smallest absolute Gasteiger partial charge is 0.129 e. The molecule has 2 rings (SSSR count). The standard InChI is InChI=1S/C13H8ClF3O/c14-11-3-1-7(15)5-9(11)13(18)10-6-8(16)2-4-12(10)17/h1-6,13,18H. The Morgan fingerprint density at radius 2 is 1.44 bits per heavy atom. The molecule has 0 radical (unpaired) electrons. The summed E-state index contributed by atoms with van der Waals surface area (Å²) in [5.74, 6) is -2.10. The van der Waals surface area contributed by atoms with Gasteiger partial charge in [-0.15, -0.1) is 0 Å². The van der Waals surface area contributed by atoms with Crippen LogP contribution in [0, 0.1) is 17.5 Å². The van der Waals surface area contributed by atoms with Gasteiger partial charge in [-0.1, -0.05) is 11.6 Å². The van der Waals surface area contributed by atoms with Gasteiger partial charge < -0.3 is 5.11 Å². The van der Waals surface area contributed by atoms with Crippen molar-refractivity contribution < 1.29 is 18.3 Å². The first-order chi connectivity index (χ1) is 8.49. The fraction of sp³-hybridized carbons (Fsp3) is 0.0769. The van der Waals surface area contributed by atoms with Crippen LogP contribution in [0.3, 0.4) is 0 Å². The van der Waals surface area contributed by atoms with Crippen molar-refractivity contribution in [1.82, 2.24) is 0 Å². The van der Waals surface area contributed by atoms with Gasteiger partial charge in [-0.05, 0) is 36.4 Å². The summed E-state index contributed by atoms with van der Waals surface area (Å²) in [6.45, 7) is 0. The molecule has 0 spiro atoms. The van der Waals surface area contributed by atoms with E-state index in [9.17, 15) is 18.3 Å². The highest BCUT2D eigenvalue weighted by Crippen LogP contribution is 2.30. The van der Waals surface area contributed by atoms with Gasteiger partial charge in [-0.2, -0.15) is 0 Å². The minimum absolute atomic E-state index is 0.0128. The first-order valence-electron chi connectivity index (χ1n) is 5.07. The van der Waals surface area contributed by atoms with Gasteiger partial charge in [-0.3, -0.25) is 0 Å². The predicted molar refractivity (Wildman–Crippen MR) is 61.8 cm³/mol. The molecule has 0 bridgehead atoms. The molecule has 1 atom stereocenters. The van der Waals surface area contributed by atoms with Crippen molar-refractivity contribution in [2.45, 2.75) is 6.10 Å². The zero-order chi connectivity index (χ0) is 13.3. The monoisotopic (exact) mass is 272 g/mol. The summed E-state index contributed by atoms with van der Waals surface area (Å²) >= 11 is 5.79. The minimum atomic E-state index is -1.52. The molecule has 0 aromatic heterocycles. The number of rotatable bonds is 2. The van der Waals surface area contributed by atoms with E-state index in [0.717, 1.165) is 30.3 Å². The van der Waals surface area contributed by atoms with Crippen molar-refractivity contribution in [3.05, 3.63) is 70.0 Å². The van der Waals surface area contributed by atoms with Crippen LogP contribution < -0.4 is 0 Å². The summed E-state index contributed by atoms with van der Waals surface area (Å²) in [5.41, 5.74) is -0.302. The highest BCUT2D eigenvalue weighted by Gasteiger charge is 2.19. The van der Waals surface area contributed by atoms with Crippen LogP contribution in [0.2, 0.25) is 5.02 Å². The molecule has 1 nitrogen and oxygen atoms in total. The quantitative estimate of drug-likeness (QED) is 0.881. The maximum absolute atomic E-state index is 13.5. The van der Waals surface area contributed by atoms with Gasteiger partial charge in [0.15, 0.2) is 0 Å². The van der Waals surface area contributed by atoms with Crippen molar-refractivity contribution >= 4 is 11.6 Å². The fourth-order valence-corrected chi connectivity index (χ4v) is 1.84. The molecule has 0 fully saturated rings. The van der Waals surface area contributed by atoms with Crippen LogP contribution >= 0.6 is 11.6 Å². The topological polar surface area (TPSA) is 20.2 Å². The second-order valence-corrected chi connectivity index (χ2v) is 4.14. The van der Waals surface area contributed by atoms with Gasteiger partial charge >= 0.3 is 0 Å². The molecule has 0 amide bonds. The number of hydrogen-bond acceptors (Lipinski definition) is 1. The lowest BCUT2D eigenvalue weighted by Gasteiger charge is -2.14. The van der Waals surface area contributed by atoms with Crippen LogP contribution in [0.4, 0.5) is 13.2 Å². The molecule has 5 heteroatoms. The van der Waals surface area contributed by atoms with E-state index in [-0.39, 0.29) is 16.1 Å². The predicted octanol–water partition coefficient (Wildman–Crippen LogP) is 3.84. The molecule has 2 aromatic rings. The molecule has 0 aliphatic carbocycles. The van der Waals surface area contributed by atoms with Crippen LogP contribution in [0.15, 0.2) is 36.4 Å². The van der Waals surface area contributed by atoms with E-state index in [4.69, 9.17) is 11.6 Å². The Hall–Kier alpha value is -1.52. The number of aliphatic hydroxyl groups excluding tert-OH is 1. The molecule has 0 heterocycles. The highest BCUT2D eigenvalue weighted by atomic mass is 35.5. The van der Waals surface area contributed by atoms with E-state index >= 15 is 0 Å². The third-order valence-electron chi connectivity index (χ3n) is 2.51. The third-order valence-corrected chi connectivity index (χ3v) is 2.85.